The standard InChI is InChI=1S/C16H16F2N6S/c1-2-5-25-16-20-14(13-15(21-16)23-24-22-13)19-12-7-9(12)8-3-4-10(17)11(18)6-8/h3-4,6,9,12H,2,5,7H2,1H3,(H2,19,20,21,22,23,24)/t9-,12+/m0/s1. The molecule has 0 radical (unpaired) electrons. The van der Waals surface area contributed by atoms with E-state index in [9.17, 15) is 8.78 Å². The Kier molecular flexibility index (Phi) is 4.24. The molecule has 1 aliphatic carbocycles. The van der Waals surface area contributed by atoms with Crippen LogP contribution in [0.3, 0.4) is 0 Å². The summed E-state index contributed by atoms with van der Waals surface area (Å²) in [5, 5.41) is 14.6. The van der Waals surface area contributed by atoms with Crippen molar-refractivity contribution in [3.8, 4) is 0 Å². The van der Waals surface area contributed by atoms with Crippen LogP contribution in [0, 0.1) is 11.6 Å². The molecule has 9 heteroatoms. The molecule has 0 amide bonds. The number of halogens is 2. The Labute approximate surface area is 146 Å². The van der Waals surface area contributed by atoms with Crippen molar-refractivity contribution in [3.05, 3.63) is 35.4 Å². The minimum atomic E-state index is -0.827. The van der Waals surface area contributed by atoms with Gasteiger partial charge in [0.25, 0.3) is 0 Å². The molecule has 2 aromatic heterocycles. The first kappa shape index (κ1) is 16.2. The monoisotopic (exact) mass is 362 g/mol. The van der Waals surface area contributed by atoms with E-state index < -0.39 is 11.6 Å². The predicted octanol–water partition coefficient (Wildman–Crippen LogP) is 3.50. The predicted molar refractivity (Wildman–Crippen MR) is 91.6 cm³/mol. The number of aromatic amines is 1. The lowest BCUT2D eigenvalue weighted by Crippen LogP contribution is -2.08. The summed E-state index contributed by atoms with van der Waals surface area (Å²) in [6.07, 6.45) is 1.85. The summed E-state index contributed by atoms with van der Waals surface area (Å²) in [5.74, 6) is 0.0214. The molecule has 2 heterocycles. The highest BCUT2D eigenvalue weighted by atomic mass is 32.2. The number of H-pyrrole nitrogens is 1. The Bertz CT molecular complexity index is 915. The SMILES string of the molecule is CCCSc1nc(N[C@@H]2C[C@H]2c2ccc(F)c(F)c2)c2nn[nH]c2n1. The molecule has 6 nitrogen and oxygen atoms in total. The zero-order valence-corrected chi connectivity index (χ0v) is 14.3. The van der Waals surface area contributed by atoms with Gasteiger partial charge in [-0.15, -0.1) is 5.10 Å². The smallest absolute Gasteiger partial charge is 0.191 e. The molecule has 25 heavy (non-hydrogen) atoms. The molecule has 2 atom stereocenters. The number of aromatic nitrogens is 5. The number of nitrogens with one attached hydrogen (secondary N) is 2. The first-order chi connectivity index (χ1) is 12.2. The van der Waals surface area contributed by atoms with E-state index >= 15 is 0 Å². The molecule has 0 saturated heterocycles. The molecule has 1 fully saturated rings. The van der Waals surface area contributed by atoms with Crippen molar-refractivity contribution in [2.45, 2.75) is 36.9 Å². The molecule has 4 rings (SSSR count). The van der Waals surface area contributed by atoms with E-state index in [0.717, 1.165) is 24.2 Å². The lowest BCUT2D eigenvalue weighted by atomic mass is 10.1. The summed E-state index contributed by atoms with van der Waals surface area (Å²) < 4.78 is 26.5. The highest BCUT2D eigenvalue weighted by molar-refractivity contribution is 7.99. The maximum Gasteiger partial charge on any atom is 0.191 e. The minimum Gasteiger partial charge on any atom is -0.365 e. The van der Waals surface area contributed by atoms with Gasteiger partial charge in [-0.05, 0) is 30.5 Å². The van der Waals surface area contributed by atoms with Crippen molar-refractivity contribution in [2.75, 3.05) is 11.1 Å². The minimum absolute atomic E-state index is 0.101. The fourth-order valence-electron chi connectivity index (χ4n) is 2.73. The van der Waals surface area contributed by atoms with E-state index in [2.05, 4.69) is 37.6 Å². The largest absolute Gasteiger partial charge is 0.365 e. The number of benzene rings is 1. The van der Waals surface area contributed by atoms with Crippen LogP contribution in [0.2, 0.25) is 0 Å². The first-order valence-corrected chi connectivity index (χ1v) is 9.07. The van der Waals surface area contributed by atoms with Crippen LogP contribution in [0.4, 0.5) is 14.6 Å². The van der Waals surface area contributed by atoms with E-state index in [1.165, 1.54) is 12.1 Å². The van der Waals surface area contributed by atoms with Gasteiger partial charge >= 0.3 is 0 Å². The fourth-order valence-corrected chi connectivity index (χ4v) is 3.43. The second-order valence-corrected chi connectivity index (χ2v) is 7.04. The molecular weight excluding hydrogens is 346 g/mol. The summed E-state index contributed by atoms with van der Waals surface area (Å²) in [5.41, 5.74) is 1.94. The normalized spacial score (nSPS) is 19.3. The van der Waals surface area contributed by atoms with E-state index in [4.69, 9.17) is 0 Å². The summed E-state index contributed by atoms with van der Waals surface area (Å²) in [6, 6.07) is 4.15. The number of thioether (sulfide) groups is 1. The lowest BCUT2D eigenvalue weighted by Gasteiger charge is -2.07. The van der Waals surface area contributed by atoms with Crippen LogP contribution >= 0.6 is 11.8 Å². The number of fused-ring (bicyclic) bond motifs is 1. The van der Waals surface area contributed by atoms with Gasteiger partial charge in [0.15, 0.2) is 33.8 Å². The number of rotatable bonds is 6. The van der Waals surface area contributed by atoms with Crippen LogP contribution in [-0.2, 0) is 0 Å². The van der Waals surface area contributed by atoms with Crippen LogP contribution in [0.5, 0.6) is 0 Å². The highest BCUT2D eigenvalue weighted by Crippen LogP contribution is 2.43. The Morgan fingerprint density at radius 1 is 1.28 bits per heavy atom. The Hall–Kier alpha value is -2.29. The van der Waals surface area contributed by atoms with Crippen molar-refractivity contribution in [1.29, 1.82) is 0 Å². The van der Waals surface area contributed by atoms with Crippen molar-refractivity contribution in [3.63, 3.8) is 0 Å². The van der Waals surface area contributed by atoms with Gasteiger partial charge in [-0.25, -0.2) is 23.8 Å². The number of anilines is 1. The molecule has 0 bridgehead atoms. The van der Waals surface area contributed by atoms with Gasteiger partial charge in [0, 0.05) is 17.7 Å². The zero-order chi connectivity index (χ0) is 17.4. The molecule has 3 aromatic rings. The topological polar surface area (TPSA) is 79.4 Å². The molecule has 0 spiro atoms. The quantitative estimate of drug-likeness (QED) is 0.516. The van der Waals surface area contributed by atoms with Gasteiger partial charge in [0.1, 0.15) is 0 Å². The maximum absolute atomic E-state index is 13.4. The van der Waals surface area contributed by atoms with Crippen molar-refractivity contribution in [1.82, 2.24) is 25.4 Å². The number of nitrogens with zero attached hydrogens (tertiary/aromatic N) is 4. The third-order valence-corrected chi connectivity index (χ3v) is 5.14. The van der Waals surface area contributed by atoms with Crippen LogP contribution in [-0.4, -0.2) is 37.2 Å². The van der Waals surface area contributed by atoms with E-state index in [0.29, 0.717) is 22.1 Å². The van der Waals surface area contributed by atoms with Gasteiger partial charge in [-0.3, -0.25) is 0 Å². The summed E-state index contributed by atoms with van der Waals surface area (Å²) in [7, 11) is 0. The van der Waals surface area contributed by atoms with E-state index in [-0.39, 0.29) is 12.0 Å². The first-order valence-electron chi connectivity index (χ1n) is 8.08. The molecule has 0 aliphatic heterocycles. The molecule has 1 aromatic carbocycles. The molecule has 1 aliphatic rings. The van der Waals surface area contributed by atoms with Gasteiger partial charge in [0.2, 0.25) is 0 Å². The molecule has 0 unspecified atom stereocenters. The summed E-state index contributed by atoms with van der Waals surface area (Å²) in [6.45, 7) is 2.10. The zero-order valence-electron chi connectivity index (χ0n) is 13.5. The average Bonchev–Trinajstić information content (AvgIpc) is 3.19. The molecule has 130 valence electrons. The Balaban J connectivity index is 1.54. The van der Waals surface area contributed by atoms with Crippen LogP contribution in [0.1, 0.15) is 31.2 Å². The van der Waals surface area contributed by atoms with Gasteiger partial charge in [-0.1, -0.05) is 30.0 Å². The average molecular weight is 362 g/mol. The van der Waals surface area contributed by atoms with Crippen LogP contribution < -0.4 is 5.32 Å². The van der Waals surface area contributed by atoms with Crippen molar-refractivity contribution < 1.29 is 8.78 Å². The van der Waals surface area contributed by atoms with E-state index in [1.54, 1.807) is 17.8 Å². The summed E-state index contributed by atoms with van der Waals surface area (Å²) in [4.78, 5) is 8.93. The third-order valence-electron chi connectivity index (χ3n) is 4.09. The Morgan fingerprint density at radius 2 is 2.16 bits per heavy atom. The molecule has 1 saturated carbocycles. The van der Waals surface area contributed by atoms with Crippen LogP contribution in [0.25, 0.3) is 11.2 Å². The van der Waals surface area contributed by atoms with E-state index in [1.807, 2.05) is 0 Å². The summed E-state index contributed by atoms with van der Waals surface area (Å²) >= 11 is 1.57. The lowest BCUT2D eigenvalue weighted by molar-refractivity contribution is 0.507. The second kappa shape index (κ2) is 6.55. The van der Waals surface area contributed by atoms with Crippen LogP contribution in [0.15, 0.2) is 23.4 Å². The third kappa shape index (κ3) is 3.28. The fraction of sp³-hybridized carbons (Fsp3) is 0.375. The number of hydrogen-bond acceptors (Lipinski definition) is 6. The molecule has 2 N–H and O–H groups in total. The molecular formula is C16H16F2N6S. The van der Waals surface area contributed by atoms with Gasteiger partial charge in [0.05, 0.1) is 0 Å². The Morgan fingerprint density at radius 3 is 2.96 bits per heavy atom. The highest BCUT2D eigenvalue weighted by Gasteiger charge is 2.39. The van der Waals surface area contributed by atoms with Crippen molar-refractivity contribution >= 4 is 28.7 Å². The van der Waals surface area contributed by atoms with Gasteiger partial charge in [-0.2, -0.15) is 0 Å². The maximum atomic E-state index is 13.4. The second-order valence-electron chi connectivity index (χ2n) is 5.98. The van der Waals surface area contributed by atoms with Crippen molar-refractivity contribution in [2.24, 2.45) is 0 Å². The van der Waals surface area contributed by atoms with Gasteiger partial charge < -0.3 is 5.32 Å². The number of hydrogen-bond donors (Lipinski definition) is 2.